The number of nitrogens with one attached hydrogen (secondary N) is 4. The summed E-state index contributed by atoms with van der Waals surface area (Å²) in [6.07, 6.45) is 9.47. The normalized spacial score (nSPS) is 18.2. The quantitative estimate of drug-likeness (QED) is 0.0947. The average molecular weight is 824 g/mol. The van der Waals surface area contributed by atoms with Crippen LogP contribution in [0.2, 0.25) is 0 Å². The minimum Gasteiger partial charge on any atom is -0.453 e. The molecule has 2 aliphatic rings. The Morgan fingerprint density at radius 3 is 1.97 bits per heavy atom. The number of nitrogens with zero attached hydrogens (tertiary/aromatic N) is 5. The van der Waals surface area contributed by atoms with E-state index in [1.54, 1.807) is 29.4 Å². The summed E-state index contributed by atoms with van der Waals surface area (Å²) in [5, 5.41) is 8.01. The van der Waals surface area contributed by atoms with Gasteiger partial charge >= 0.3 is 12.2 Å². The number of aromatic nitrogens is 5. The number of hydrogen-bond acceptors (Lipinski definition) is 9. The second kappa shape index (κ2) is 18.0. The van der Waals surface area contributed by atoms with Gasteiger partial charge in [0.1, 0.15) is 17.7 Å². The van der Waals surface area contributed by atoms with Gasteiger partial charge in [0.2, 0.25) is 0 Å². The van der Waals surface area contributed by atoms with Gasteiger partial charge in [0, 0.05) is 42.1 Å². The number of H-pyrrole nitrogens is 2. The van der Waals surface area contributed by atoms with Crippen LogP contribution in [0.3, 0.4) is 0 Å². The molecule has 2 aliphatic heterocycles. The molecular weight excluding hydrogens is 771 g/mol. The van der Waals surface area contributed by atoms with Crippen LogP contribution in [0.25, 0.3) is 44.4 Å². The van der Waals surface area contributed by atoms with Gasteiger partial charge in [-0.1, -0.05) is 68.4 Å². The number of carbonyl (C=O) groups excluding carboxylic acids is 3. The zero-order valence-corrected chi connectivity index (χ0v) is 35.2. The highest BCUT2D eigenvalue weighted by molar-refractivity contribution is 5.91. The van der Waals surface area contributed by atoms with E-state index >= 15 is 0 Å². The van der Waals surface area contributed by atoms with Crippen molar-refractivity contribution in [3.05, 3.63) is 115 Å². The highest BCUT2D eigenvalue weighted by Gasteiger charge is 2.38. The van der Waals surface area contributed by atoms with Crippen LogP contribution < -0.4 is 10.6 Å². The van der Waals surface area contributed by atoms with Crippen LogP contribution in [-0.4, -0.2) is 92.2 Å². The summed E-state index contributed by atoms with van der Waals surface area (Å²) in [6, 6.07) is 23.9. The van der Waals surface area contributed by atoms with Crippen LogP contribution in [-0.2, 0) is 14.3 Å². The number of rotatable bonds is 12. The molecule has 14 heteroatoms. The molecule has 3 aromatic heterocycles. The third kappa shape index (κ3) is 8.71. The van der Waals surface area contributed by atoms with E-state index < -0.39 is 18.2 Å². The lowest BCUT2D eigenvalue weighted by Crippen LogP contribution is -2.52. The fourth-order valence-electron chi connectivity index (χ4n) is 9.05. The van der Waals surface area contributed by atoms with Crippen molar-refractivity contribution in [1.29, 1.82) is 0 Å². The Hall–Kier alpha value is -6.54. The number of amides is 3. The van der Waals surface area contributed by atoms with Gasteiger partial charge in [-0.05, 0) is 90.7 Å². The molecule has 61 heavy (non-hydrogen) atoms. The predicted molar refractivity (Wildman–Crippen MR) is 233 cm³/mol. The molecule has 14 nitrogen and oxygen atoms in total. The van der Waals surface area contributed by atoms with E-state index in [9.17, 15) is 14.4 Å². The molecule has 0 spiro atoms. The van der Waals surface area contributed by atoms with Gasteiger partial charge in [-0.2, -0.15) is 0 Å². The first-order valence-electron chi connectivity index (χ1n) is 21.0. The molecule has 3 amide bonds. The summed E-state index contributed by atoms with van der Waals surface area (Å²) in [7, 11) is 2.68. The third-order valence-electron chi connectivity index (χ3n) is 12.3. The number of benzene rings is 3. The van der Waals surface area contributed by atoms with Gasteiger partial charge in [0.05, 0.1) is 50.1 Å². The number of methoxy groups -OCH3 is 2. The van der Waals surface area contributed by atoms with E-state index in [1.165, 1.54) is 14.2 Å². The van der Waals surface area contributed by atoms with Crippen LogP contribution in [0.15, 0.2) is 97.6 Å². The maximum absolute atomic E-state index is 13.9. The standard InChI is InChI=1S/C47H53N9O5/c1-28(2)41(53-46(58)60-4)29(3)55-21-7-10-39(55)43-50-27-38(52-43)35-19-18-33-23-32(16-17-34(33)24-35)30-12-14-31(15-13-30)37-26-49-44(51-37)40-11-8-22-56(40)45(57)42(54-47(59)61-5)36-9-6-20-48-25-36/h6,9,12-20,23-29,39-42H,7-8,10-11,21-22H2,1-5H3,(H,49,51)(H,50,52)(H,53,58)(H,54,59)/t29?,39-,40-,41-,42+/m0/s1. The van der Waals surface area contributed by atoms with Crippen LogP contribution in [0, 0.1) is 5.92 Å². The lowest BCUT2D eigenvalue weighted by atomic mass is 9.96. The summed E-state index contributed by atoms with van der Waals surface area (Å²) < 4.78 is 9.74. The third-order valence-corrected chi connectivity index (χ3v) is 12.3. The average Bonchev–Trinajstić information content (AvgIpc) is 4.14. The van der Waals surface area contributed by atoms with E-state index in [-0.39, 0.29) is 36.0 Å². The van der Waals surface area contributed by atoms with E-state index in [1.807, 2.05) is 12.4 Å². The first-order valence-corrected chi connectivity index (χ1v) is 21.0. The maximum atomic E-state index is 13.9. The van der Waals surface area contributed by atoms with Gasteiger partial charge in [0.25, 0.3) is 5.91 Å². The summed E-state index contributed by atoms with van der Waals surface area (Å²) in [5.74, 6) is 1.65. The molecule has 4 N–H and O–H groups in total. The second-order valence-corrected chi connectivity index (χ2v) is 16.3. The lowest BCUT2D eigenvalue weighted by Gasteiger charge is -2.37. The number of alkyl carbamates (subject to hydrolysis) is 2. The Kier molecular flexibility index (Phi) is 12.1. The number of imidazole rings is 2. The first kappa shape index (κ1) is 41.2. The minimum atomic E-state index is -0.933. The lowest BCUT2D eigenvalue weighted by molar-refractivity contribution is -0.134. The van der Waals surface area contributed by atoms with Crippen molar-refractivity contribution in [3.8, 4) is 33.6 Å². The number of pyridine rings is 1. The molecule has 3 aromatic carbocycles. The van der Waals surface area contributed by atoms with Crippen molar-refractivity contribution in [2.45, 2.75) is 76.7 Å². The topological polar surface area (TPSA) is 170 Å². The minimum absolute atomic E-state index is 0.0537. The van der Waals surface area contributed by atoms with Crippen LogP contribution in [0.5, 0.6) is 0 Å². The van der Waals surface area contributed by atoms with Crippen molar-refractivity contribution >= 4 is 28.9 Å². The van der Waals surface area contributed by atoms with Gasteiger partial charge in [-0.15, -0.1) is 0 Å². The van der Waals surface area contributed by atoms with Gasteiger partial charge in [-0.25, -0.2) is 19.6 Å². The van der Waals surface area contributed by atoms with E-state index in [2.05, 4.69) is 112 Å². The van der Waals surface area contributed by atoms with Crippen molar-refractivity contribution < 1.29 is 23.9 Å². The van der Waals surface area contributed by atoms with E-state index in [0.29, 0.717) is 17.9 Å². The molecule has 0 bridgehead atoms. The molecule has 2 saturated heterocycles. The number of likely N-dealkylation sites (tertiary alicyclic amines) is 2. The van der Waals surface area contributed by atoms with Crippen molar-refractivity contribution in [2.75, 3.05) is 27.3 Å². The van der Waals surface area contributed by atoms with Crippen LogP contribution in [0.4, 0.5) is 9.59 Å². The molecule has 8 rings (SSSR count). The van der Waals surface area contributed by atoms with E-state index in [4.69, 9.17) is 19.4 Å². The molecule has 316 valence electrons. The van der Waals surface area contributed by atoms with Crippen LogP contribution >= 0.6 is 0 Å². The monoisotopic (exact) mass is 823 g/mol. The maximum Gasteiger partial charge on any atom is 0.407 e. The Labute approximate surface area is 355 Å². The Morgan fingerprint density at radius 2 is 1.30 bits per heavy atom. The first-order chi connectivity index (χ1) is 29.6. The van der Waals surface area contributed by atoms with Gasteiger partial charge in [-0.3, -0.25) is 14.7 Å². The highest BCUT2D eigenvalue weighted by atomic mass is 16.5. The van der Waals surface area contributed by atoms with Crippen LogP contribution in [0.1, 0.15) is 81.8 Å². The number of fused-ring (bicyclic) bond motifs is 1. The summed E-state index contributed by atoms with van der Waals surface area (Å²) in [4.78, 5) is 63.3. The predicted octanol–water partition coefficient (Wildman–Crippen LogP) is 8.35. The molecule has 2 fully saturated rings. The molecule has 0 aliphatic carbocycles. The van der Waals surface area contributed by atoms with Crippen molar-refractivity contribution in [2.24, 2.45) is 5.92 Å². The number of carbonyl (C=O) groups is 3. The SMILES string of the molecule is COC(=O)N[C@@H](C(C)C)C(C)N1CCC[C@H]1c1ncc(-c2ccc3cc(-c4ccc(-c5cnc([C@@H]6CCCN6C(=O)[C@H](NC(=O)OC)c6cccnc6)[nH]5)cc4)ccc3c2)[nH]1. The molecular formula is C47H53N9O5. The molecule has 5 heterocycles. The fraction of sp³-hybridized carbons (Fsp3) is 0.362. The summed E-state index contributed by atoms with van der Waals surface area (Å²) in [5.41, 5.74) is 6.67. The zero-order chi connectivity index (χ0) is 42.6. The second-order valence-electron chi connectivity index (χ2n) is 16.3. The van der Waals surface area contributed by atoms with Gasteiger partial charge in [0.15, 0.2) is 0 Å². The Morgan fingerprint density at radius 1 is 0.705 bits per heavy atom. The summed E-state index contributed by atoms with van der Waals surface area (Å²) in [6.45, 7) is 7.91. The molecule has 0 radical (unpaired) electrons. The fourth-order valence-corrected chi connectivity index (χ4v) is 9.05. The molecule has 0 saturated carbocycles. The largest absolute Gasteiger partial charge is 0.453 e. The highest BCUT2D eigenvalue weighted by Crippen LogP contribution is 2.37. The van der Waals surface area contributed by atoms with Gasteiger partial charge < -0.3 is 35.0 Å². The molecule has 6 aromatic rings. The number of ether oxygens (including phenoxy) is 2. The Bertz CT molecular complexity index is 2480. The van der Waals surface area contributed by atoms with Crippen molar-refractivity contribution in [1.82, 2.24) is 45.4 Å². The molecule has 1 unspecified atom stereocenters. The van der Waals surface area contributed by atoms with Crippen molar-refractivity contribution in [3.63, 3.8) is 0 Å². The summed E-state index contributed by atoms with van der Waals surface area (Å²) >= 11 is 0. The molecule has 5 atom stereocenters. The number of aromatic amines is 2. The zero-order valence-electron chi connectivity index (χ0n) is 35.2. The van der Waals surface area contributed by atoms with E-state index in [0.717, 1.165) is 82.5 Å². The smallest absolute Gasteiger partial charge is 0.407 e. The Balaban J connectivity index is 0.941. The number of hydrogen-bond donors (Lipinski definition) is 4.